The number of anilines is 1. The summed E-state index contributed by atoms with van der Waals surface area (Å²) >= 11 is 2.39. The molecule has 2 atom stereocenters. The van der Waals surface area contributed by atoms with Gasteiger partial charge in [0.25, 0.3) is 11.8 Å². The van der Waals surface area contributed by atoms with Gasteiger partial charge in [-0.2, -0.15) is 9.36 Å². The molecule has 2 amide bonds. The first kappa shape index (κ1) is 26.1. The van der Waals surface area contributed by atoms with E-state index in [-0.39, 0.29) is 40.8 Å². The van der Waals surface area contributed by atoms with Gasteiger partial charge in [-0.05, 0) is 25.7 Å². The molecule has 1 unspecified atom stereocenters. The molecule has 15 heteroatoms. The minimum atomic E-state index is -1.02. The maximum absolute atomic E-state index is 13.2. The number of pyridine rings is 1. The summed E-state index contributed by atoms with van der Waals surface area (Å²) in [5.41, 5.74) is 7.03. The highest BCUT2D eigenvalue weighted by molar-refractivity contribution is 8.00. The van der Waals surface area contributed by atoms with Gasteiger partial charge < -0.3 is 26.1 Å². The third-order valence-corrected chi connectivity index (χ3v) is 8.46. The first-order valence-electron chi connectivity index (χ1n) is 12.0. The molecule has 0 spiro atoms. The Kier molecular flexibility index (Phi) is 7.58. The maximum atomic E-state index is 13.2. The van der Waals surface area contributed by atoms with Gasteiger partial charge in [-0.1, -0.05) is 5.16 Å². The van der Waals surface area contributed by atoms with Crippen molar-refractivity contribution in [3.8, 4) is 0 Å². The summed E-state index contributed by atoms with van der Waals surface area (Å²) in [7, 11) is 0. The van der Waals surface area contributed by atoms with Crippen LogP contribution < -0.4 is 15.6 Å². The number of hydrogen-bond acceptors (Lipinski definition) is 11. The Morgan fingerprint density at radius 3 is 2.66 bits per heavy atom. The van der Waals surface area contributed by atoms with Gasteiger partial charge in [0.1, 0.15) is 17.5 Å². The van der Waals surface area contributed by atoms with Crippen molar-refractivity contribution in [2.24, 2.45) is 5.16 Å². The average Bonchev–Trinajstić information content (AvgIpc) is 3.59. The molecule has 1 saturated carbocycles. The van der Waals surface area contributed by atoms with Crippen molar-refractivity contribution in [1.82, 2.24) is 19.6 Å². The Labute approximate surface area is 225 Å². The van der Waals surface area contributed by atoms with Crippen LogP contribution in [0.1, 0.15) is 41.9 Å². The summed E-state index contributed by atoms with van der Waals surface area (Å²) in [4.78, 5) is 48.5. The number of carbonyl (C=O) groups is 3. The Balaban J connectivity index is 1.29. The van der Waals surface area contributed by atoms with E-state index in [2.05, 4.69) is 19.8 Å². The highest BCUT2D eigenvalue weighted by Crippen LogP contribution is 2.40. The van der Waals surface area contributed by atoms with E-state index in [1.54, 1.807) is 17.0 Å². The first-order valence-corrected chi connectivity index (χ1v) is 13.8. The van der Waals surface area contributed by atoms with Crippen LogP contribution in [0.4, 0.5) is 5.13 Å². The molecular weight excluding hydrogens is 534 g/mol. The van der Waals surface area contributed by atoms with Crippen LogP contribution in [0.3, 0.4) is 0 Å². The molecule has 4 heterocycles. The number of nitrogens with one attached hydrogen (secondary N) is 1. The summed E-state index contributed by atoms with van der Waals surface area (Å²) in [6, 6.07) is 2.15. The lowest BCUT2D eigenvalue weighted by Gasteiger charge is -2.50. The second-order valence-corrected chi connectivity index (χ2v) is 10.9. The molecule has 5 rings (SSSR count). The molecule has 0 bridgehead atoms. The van der Waals surface area contributed by atoms with Gasteiger partial charge in [-0.25, -0.2) is 9.36 Å². The van der Waals surface area contributed by atoms with Gasteiger partial charge in [0.05, 0.1) is 17.9 Å². The van der Waals surface area contributed by atoms with Gasteiger partial charge >= 0.3 is 5.97 Å². The number of carbonyl (C=O) groups excluding carboxylic acids is 2. The summed E-state index contributed by atoms with van der Waals surface area (Å²) in [6.07, 6.45) is 6.94. The number of rotatable bonds is 9. The molecular formula is C23H26N7O6S2+. The second kappa shape index (κ2) is 11.0. The predicted molar refractivity (Wildman–Crippen MR) is 137 cm³/mol. The van der Waals surface area contributed by atoms with Crippen molar-refractivity contribution in [3.63, 3.8) is 0 Å². The molecule has 38 heavy (non-hydrogen) atoms. The lowest BCUT2D eigenvalue weighted by Crippen LogP contribution is -2.71. The number of nitrogens with zero attached hydrogens (tertiary/aromatic N) is 5. The molecule has 0 aromatic carbocycles. The van der Waals surface area contributed by atoms with Crippen molar-refractivity contribution in [2.75, 3.05) is 18.1 Å². The van der Waals surface area contributed by atoms with Crippen molar-refractivity contribution in [1.29, 1.82) is 0 Å². The number of fused-ring (bicyclic) bond motifs is 1. The molecule has 2 aliphatic heterocycles. The average molecular weight is 561 g/mol. The predicted octanol–water partition coefficient (Wildman–Crippen LogP) is 0.116. The van der Waals surface area contributed by atoms with Gasteiger partial charge in [0.2, 0.25) is 11.5 Å². The van der Waals surface area contributed by atoms with Gasteiger partial charge in [-0.3, -0.25) is 14.5 Å². The topological polar surface area (TPSA) is 184 Å². The van der Waals surface area contributed by atoms with Crippen LogP contribution in [0.25, 0.3) is 0 Å². The van der Waals surface area contributed by atoms with E-state index in [1.165, 1.54) is 28.8 Å². The number of aromatic nitrogens is 3. The maximum Gasteiger partial charge on any atom is 0.336 e. The Morgan fingerprint density at radius 1 is 1.29 bits per heavy atom. The minimum Gasteiger partial charge on any atom is -0.478 e. The Hall–Kier alpha value is -3.56. The molecule has 3 aliphatic rings. The monoisotopic (exact) mass is 560 g/mol. The van der Waals surface area contributed by atoms with Gasteiger partial charge in [-0.15, -0.1) is 11.8 Å². The van der Waals surface area contributed by atoms with Crippen LogP contribution >= 0.6 is 23.3 Å². The van der Waals surface area contributed by atoms with Crippen LogP contribution in [-0.2, 0) is 21.0 Å². The molecule has 1 saturated heterocycles. The lowest BCUT2D eigenvalue weighted by molar-refractivity contribution is -0.689. The molecule has 200 valence electrons. The smallest absolute Gasteiger partial charge is 0.336 e. The first-order chi connectivity index (χ1) is 18.4. The van der Waals surface area contributed by atoms with Crippen molar-refractivity contribution < 1.29 is 34.0 Å². The standard InChI is InChI=1S/C23H25N7O6S2/c24-23-26-18(28-38-23)16(27-36-14-3-1-2-4-14)19(32)25-17-20(33)30-15(10-31)13(11-37-21(17)30)9-29-7-5-12(6-8-29)22(34)35/h5-8,14,17,21,31H,1-4,9-11H2,(H3-,24,25,26,28,32,34,35)/p+1/t17?,21-/m0/s1. The number of nitrogens with two attached hydrogens (primary N) is 1. The second-order valence-electron chi connectivity index (χ2n) is 9.04. The van der Waals surface area contributed by atoms with Crippen LogP contribution in [0.15, 0.2) is 41.0 Å². The highest BCUT2D eigenvalue weighted by Gasteiger charge is 2.53. The normalized spacial score (nSPS) is 21.8. The number of nitrogen functional groups attached to an aromatic ring is 1. The van der Waals surface area contributed by atoms with Gasteiger partial charge in [0.15, 0.2) is 24.1 Å². The number of carboxylic acid groups (broad SMARTS) is 1. The minimum absolute atomic E-state index is 0.0343. The molecule has 13 nitrogen and oxygen atoms in total. The Morgan fingerprint density at radius 2 is 2.03 bits per heavy atom. The number of hydrogen-bond donors (Lipinski definition) is 4. The zero-order chi connectivity index (χ0) is 26.8. The van der Waals surface area contributed by atoms with E-state index in [1.807, 2.05) is 0 Å². The quantitative estimate of drug-likeness (QED) is 0.142. The largest absolute Gasteiger partial charge is 0.478 e. The SMILES string of the molecule is Nc1nc(C(=NOC2CCCC2)C(=O)NC2C(=O)N3C(CO)=C(C[n+]4ccc(C(=O)O)cc4)CS[C@@H]23)ns1. The summed E-state index contributed by atoms with van der Waals surface area (Å²) in [6.45, 7) is 0.0269. The van der Waals surface area contributed by atoms with Gasteiger partial charge in [0, 0.05) is 35.0 Å². The van der Waals surface area contributed by atoms with Crippen molar-refractivity contribution in [3.05, 3.63) is 47.2 Å². The van der Waals surface area contributed by atoms with E-state index >= 15 is 0 Å². The fourth-order valence-corrected chi connectivity index (χ4v) is 6.41. The fraction of sp³-hybridized carbons (Fsp3) is 0.435. The molecule has 2 aromatic heterocycles. The van der Waals surface area contributed by atoms with E-state index in [0.29, 0.717) is 18.0 Å². The number of thioether (sulfide) groups is 1. The van der Waals surface area contributed by atoms with E-state index in [4.69, 9.17) is 15.7 Å². The molecule has 2 fully saturated rings. The van der Waals surface area contributed by atoms with Crippen molar-refractivity contribution in [2.45, 2.75) is 49.7 Å². The molecule has 1 aliphatic carbocycles. The zero-order valence-corrected chi connectivity index (χ0v) is 21.8. The number of aromatic carboxylic acids is 1. The van der Waals surface area contributed by atoms with E-state index in [9.17, 15) is 19.5 Å². The Bertz CT molecular complexity index is 1310. The third kappa shape index (κ3) is 5.21. The van der Waals surface area contributed by atoms with Crippen LogP contribution in [0.5, 0.6) is 0 Å². The summed E-state index contributed by atoms with van der Waals surface area (Å²) < 4.78 is 5.86. The third-order valence-electron chi connectivity index (χ3n) is 6.58. The fourth-order valence-electron chi connectivity index (χ4n) is 4.59. The number of β-lactam (4-membered cyclic amide) rings is 1. The van der Waals surface area contributed by atoms with E-state index < -0.39 is 23.3 Å². The number of aliphatic hydroxyl groups excluding tert-OH is 1. The van der Waals surface area contributed by atoms with Crippen LogP contribution in [0, 0.1) is 0 Å². The summed E-state index contributed by atoms with van der Waals surface area (Å²) in [5, 5.41) is 25.7. The van der Waals surface area contributed by atoms with E-state index in [0.717, 1.165) is 42.8 Å². The van der Waals surface area contributed by atoms with Crippen LogP contribution in [-0.4, -0.2) is 77.8 Å². The van der Waals surface area contributed by atoms with Crippen molar-refractivity contribution >= 4 is 51.9 Å². The van der Waals surface area contributed by atoms with Crippen LogP contribution in [0.2, 0.25) is 0 Å². The number of amides is 2. The molecule has 2 aromatic rings. The zero-order valence-electron chi connectivity index (χ0n) is 20.1. The summed E-state index contributed by atoms with van der Waals surface area (Å²) in [5.74, 6) is -1.47. The molecule has 5 N–H and O–H groups in total. The lowest BCUT2D eigenvalue weighted by atomic mass is 10.0. The highest BCUT2D eigenvalue weighted by atomic mass is 32.2. The number of carboxylic acids is 1. The molecule has 0 radical (unpaired) electrons. The number of aliphatic hydroxyl groups is 1. The number of oxime groups is 1.